The number of aromatic nitrogens is 3. The lowest BCUT2D eigenvalue weighted by Gasteiger charge is -2.39. The molecule has 84 heavy (non-hydrogen) atoms. The van der Waals surface area contributed by atoms with Gasteiger partial charge in [-0.15, -0.1) is 0 Å². The van der Waals surface area contributed by atoms with E-state index in [0.29, 0.717) is 47.1 Å². The number of nitrogens with one attached hydrogen (secondary N) is 3. The number of H-pyrrole nitrogens is 1. The fourth-order valence-electron chi connectivity index (χ4n) is 12.1. The first-order valence-corrected chi connectivity index (χ1v) is 34.5. The van der Waals surface area contributed by atoms with E-state index >= 15 is 0 Å². The van der Waals surface area contributed by atoms with Crippen LogP contribution >= 0.6 is 23.5 Å². The van der Waals surface area contributed by atoms with Gasteiger partial charge in [0, 0.05) is 90.2 Å². The van der Waals surface area contributed by atoms with Gasteiger partial charge < -0.3 is 54.7 Å². The molecular formula is C51H60N8O20P3S2+. The van der Waals surface area contributed by atoms with Gasteiger partial charge >= 0.3 is 23.5 Å². The van der Waals surface area contributed by atoms with Gasteiger partial charge in [0.15, 0.2) is 5.65 Å². The summed E-state index contributed by atoms with van der Waals surface area (Å²) in [5.74, 6) is 6.20. The standard InChI is InChI=1S/C51H59N8O20P3S2/c52-51-55-49-43(50(62)56-51)31(27-59(49)42-26-38(60)39(76-42)28-75-81(66,67)79-82(68,69)78-80(63,64)65)9-4-17-53-41(61)14-2-1-3-18-54-83(70,71)32-15-16-33(40(25-32)84(72,73)74)44-36-23-29-10-5-19-57-21-7-12-34(45(29)57)47(36)77-48-35-13-8-22-58-20-6-11-30(46(35)58)24-37(44)48/h15-16,23-25,27,38-39,42,54,60H,1-3,5-8,10-14,17-22,26,28H2,(H8-,52,53,55,56,61,62,63,64,65,66,67,68,69,72,73,74)/p+1/t38-,39+,42+/m0/s1. The van der Waals surface area contributed by atoms with Crippen LogP contribution in [0.4, 0.5) is 11.6 Å². The molecule has 6 aliphatic heterocycles. The maximum atomic E-state index is 13.9. The number of aliphatic hydroxyl groups is 1. The van der Waals surface area contributed by atoms with E-state index in [0.717, 1.165) is 106 Å². The molecule has 0 saturated carbocycles. The number of rotatable bonds is 19. The number of aliphatic hydroxyl groups excluding tert-OH is 1. The molecule has 33 heteroatoms. The van der Waals surface area contributed by atoms with Crippen LogP contribution in [-0.4, -0.2) is 125 Å². The van der Waals surface area contributed by atoms with Gasteiger partial charge in [-0.25, -0.2) is 31.4 Å². The Kier molecular flexibility index (Phi) is 16.6. The van der Waals surface area contributed by atoms with Gasteiger partial charge in [0.1, 0.15) is 41.8 Å². The smallest absolute Gasteiger partial charge is 0.455 e. The van der Waals surface area contributed by atoms with Crippen LogP contribution in [0.1, 0.15) is 103 Å². The Labute approximate surface area is 479 Å². The van der Waals surface area contributed by atoms with Crippen molar-refractivity contribution in [3.8, 4) is 23.3 Å². The van der Waals surface area contributed by atoms with Crippen LogP contribution in [0.15, 0.2) is 51.1 Å². The van der Waals surface area contributed by atoms with Crippen molar-refractivity contribution >= 4 is 77.8 Å². The van der Waals surface area contributed by atoms with Crippen molar-refractivity contribution in [2.45, 2.75) is 112 Å². The number of carbonyl (C=O) groups excluding carboxylic acids is 1. The fourth-order valence-corrected chi connectivity index (χ4v) is 17.1. The van der Waals surface area contributed by atoms with E-state index in [2.05, 4.69) is 66.6 Å². The Balaban J connectivity index is 0.729. The molecule has 1 amide bonds. The minimum atomic E-state index is -5.81. The Morgan fingerprint density at radius 2 is 1.64 bits per heavy atom. The van der Waals surface area contributed by atoms with Crippen LogP contribution in [0.25, 0.3) is 16.6 Å². The topological polar surface area (TPSA) is 411 Å². The van der Waals surface area contributed by atoms with E-state index in [-0.39, 0.29) is 64.8 Å². The maximum Gasteiger partial charge on any atom is 0.490 e. The first-order chi connectivity index (χ1) is 39.7. The Morgan fingerprint density at radius 3 is 2.40 bits per heavy atom. The monoisotopic (exact) mass is 1260 g/mol. The highest BCUT2D eigenvalue weighted by Gasteiger charge is 2.44. The average Bonchev–Trinajstić information content (AvgIpc) is 0.942. The lowest BCUT2D eigenvalue weighted by molar-refractivity contribution is -0.120. The summed E-state index contributed by atoms with van der Waals surface area (Å²) in [7, 11) is -26.3. The Hall–Kier alpha value is -5.67. The summed E-state index contributed by atoms with van der Waals surface area (Å²) in [6.45, 7) is 2.56. The van der Waals surface area contributed by atoms with Crippen LogP contribution in [-0.2, 0) is 82.2 Å². The number of benzene rings is 3. The minimum absolute atomic E-state index is 0.0433. The number of hydrogen-bond acceptors (Lipinski definition) is 18. The van der Waals surface area contributed by atoms with E-state index < -0.39 is 79.1 Å². The number of unbranched alkanes of at least 4 members (excludes halogenated alkanes) is 2. The van der Waals surface area contributed by atoms with Crippen molar-refractivity contribution in [3.05, 3.63) is 96.4 Å². The van der Waals surface area contributed by atoms with Crippen molar-refractivity contribution in [2.75, 3.05) is 56.5 Å². The van der Waals surface area contributed by atoms with Crippen molar-refractivity contribution in [1.82, 2.24) is 29.1 Å². The first kappa shape index (κ1) is 60.0. The molecule has 0 bridgehead atoms. The van der Waals surface area contributed by atoms with Gasteiger partial charge in [-0.1, -0.05) is 24.3 Å². The molecule has 6 aliphatic rings. The highest BCUT2D eigenvalue weighted by molar-refractivity contribution is 7.89. The molecule has 450 valence electrons. The number of aryl methyl sites for hydroxylation is 2. The number of nitrogens with zero attached hydrogens (tertiary/aromatic N) is 4. The summed E-state index contributed by atoms with van der Waals surface area (Å²) < 4.78 is 132. The molecule has 28 nitrogen and oxygen atoms in total. The molecule has 0 aliphatic carbocycles. The number of nitrogens with two attached hydrogens (primary N) is 1. The number of anilines is 2. The molecule has 0 radical (unpaired) electrons. The zero-order valence-corrected chi connectivity index (χ0v) is 49.1. The number of nitrogen functional groups attached to an aromatic ring is 1. The molecule has 5 atom stereocenters. The lowest BCUT2D eigenvalue weighted by atomic mass is 9.82. The second-order valence-corrected chi connectivity index (χ2v) is 28.8. The Morgan fingerprint density at radius 1 is 0.905 bits per heavy atom. The third-order valence-electron chi connectivity index (χ3n) is 15.5. The normalized spacial score (nSPS) is 20.6. The van der Waals surface area contributed by atoms with Crippen LogP contribution < -0.4 is 46.1 Å². The number of sulfonamides is 1. The molecule has 11 rings (SSSR count). The van der Waals surface area contributed by atoms with E-state index in [1.807, 2.05) is 0 Å². The summed E-state index contributed by atoms with van der Waals surface area (Å²) in [4.78, 5) is 70.7. The van der Waals surface area contributed by atoms with Crippen molar-refractivity contribution in [1.29, 1.82) is 0 Å². The third kappa shape index (κ3) is 12.5. The third-order valence-corrected chi connectivity index (χ3v) is 21.7. The molecule has 8 heterocycles. The summed E-state index contributed by atoms with van der Waals surface area (Å²) >= 11 is 0. The molecule has 1 saturated heterocycles. The van der Waals surface area contributed by atoms with Crippen molar-refractivity contribution in [2.24, 2.45) is 0 Å². The fraction of sp³-hybridized carbons (Fsp3) is 0.451. The van der Waals surface area contributed by atoms with E-state index in [9.17, 15) is 59.6 Å². The van der Waals surface area contributed by atoms with Crippen molar-refractivity contribution < 1.29 is 87.2 Å². The number of fused-ring (bicyclic) bond motifs is 5. The van der Waals surface area contributed by atoms with Gasteiger partial charge in [0.2, 0.25) is 27.2 Å². The molecular weight excluding hydrogens is 1200 g/mol. The second kappa shape index (κ2) is 23.2. The SMILES string of the molecule is Nc1nc2c(c(C#CCNC(=O)CCCCCNS(=O)(=O)c3ccc(C4=c5cc6c7c(c5Oc5c4cc4c8c5CCCN8CCC4)CCC[N+]=7CCC6)c(S(=O)(=O)O)c3)cn2[C@H]2C[C@H](O)[C@@H](COP(=O)(O)OP(=O)(O)OP(=O)(O)O)O2)c(=O)[nH]1. The number of ether oxygens (including phenoxy) is 2. The summed E-state index contributed by atoms with van der Waals surface area (Å²) in [6.07, 6.45) is 5.28. The van der Waals surface area contributed by atoms with Gasteiger partial charge in [-0.2, -0.15) is 22.0 Å². The molecule has 1 fully saturated rings. The number of amides is 1. The molecule has 5 aromatic rings. The van der Waals surface area contributed by atoms with Crippen LogP contribution in [0.5, 0.6) is 11.5 Å². The highest BCUT2D eigenvalue weighted by atomic mass is 32.2. The van der Waals surface area contributed by atoms with Gasteiger partial charge in [0.05, 0.1) is 40.7 Å². The molecule has 11 N–H and O–H groups in total. The zero-order valence-electron chi connectivity index (χ0n) is 44.8. The zero-order chi connectivity index (χ0) is 59.7. The van der Waals surface area contributed by atoms with Gasteiger partial charge in [-0.3, -0.25) is 23.6 Å². The van der Waals surface area contributed by atoms with Crippen molar-refractivity contribution in [3.63, 3.8) is 0 Å². The van der Waals surface area contributed by atoms with Gasteiger partial charge in [-0.05, 0) is 81.2 Å². The highest BCUT2D eigenvalue weighted by Crippen LogP contribution is 2.66. The summed E-state index contributed by atoms with van der Waals surface area (Å²) in [5, 5.41) is 15.2. The average molecular weight is 1260 g/mol. The number of carbonyl (C=O) groups is 1. The van der Waals surface area contributed by atoms with Crippen LogP contribution in [0.3, 0.4) is 0 Å². The number of phosphoric ester groups is 1. The molecule has 0 spiro atoms. The predicted molar refractivity (Wildman–Crippen MR) is 299 cm³/mol. The van der Waals surface area contributed by atoms with Crippen LogP contribution in [0, 0.1) is 11.8 Å². The Bertz CT molecular complexity index is 4210. The first-order valence-electron chi connectivity index (χ1n) is 27.1. The second-order valence-electron chi connectivity index (χ2n) is 21.2. The van der Waals surface area contributed by atoms with E-state index in [1.54, 1.807) is 0 Å². The molecule has 2 unspecified atom stereocenters. The van der Waals surface area contributed by atoms with E-state index in [4.69, 9.17) is 25.0 Å². The number of hydrogen-bond donors (Lipinski definition) is 10. The van der Waals surface area contributed by atoms with E-state index in [1.165, 1.54) is 33.9 Å². The molecule has 3 aromatic carbocycles. The minimum Gasteiger partial charge on any atom is -0.455 e. The lowest BCUT2D eigenvalue weighted by Crippen LogP contribution is -2.45. The molecule has 2 aromatic heterocycles. The summed E-state index contributed by atoms with van der Waals surface area (Å²) in [5.41, 5.74) is 12.2. The summed E-state index contributed by atoms with van der Waals surface area (Å²) in [6, 6.07) is 8.01. The quantitative estimate of drug-likeness (QED) is 0.0182. The van der Waals surface area contributed by atoms with Gasteiger partial charge in [0.25, 0.3) is 15.7 Å². The van der Waals surface area contributed by atoms with Crippen LogP contribution in [0.2, 0.25) is 0 Å². The number of phosphoric acid groups is 3. The maximum absolute atomic E-state index is 13.9. The largest absolute Gasteiger partial charge is 0.490 e. The number of aromatic amines is 1. The predicted octanol–water partition coefficient (Wildman–Crippen LogP) is 1.99.